The van der Waals surface area contributed by atoms with Crippen molar-refractivity contribution in [1.82, 2.24) is 10.2 Å². The summed E-state index contributed by atoms with van der Waals surface area (Å²) >= 11 is 6.09. The lowest BCUT2D eigenvalue weighted by Gasteiger charge is -2.28. The number of halogens is 1. The van der Waals surface area contributed by atoms with Crippen molar-refractivity contribution in [2.45, 2.75) is 19.5 Å². The number of carbonyl (C=O) groups is 2. The van der Waals surface area contributed by atoms with Crippen molar-refractivity contribution in [2.75, 3.05) is 34.0 Å². The summed E-state index contributed by atoms with van der Waals surface area (Å²) < 4.78 is 15.7. The Labute approximate surface area is 181 Å². The summed E-state index contributed by atoms with van der Waals surface area (Å²) in [6.45, 7) is 2.43. The van der Waals surface area contributed by atoms with Crippen LogP contribution in [0.1, 0.15) is 12.5 Å². The third-order valence-corrected chi connectivity index (χ3v) is 4.78. The van der Waals surface area contributed by atoms with E-state index in [9.17, 15) is 9.59 Å². The van der Waals surface area contributed by atoms with Crippen molar-refractivity contribution >= 4 is 23.4 Å². The Kier molecular flexibility index (Phi) is 9.44. The molecule has 2 aromatic carbocycles. The molecule has 0 aliphatic carbocycles. The van der Waals surface area contributed by atoms with E-state index in [1.54, 1.807) is 45.4 Å². The van der Waals surface area contributed by atoms with Gasteiger partial charge in [0.2, 0.25) is 5.91 Å². The molecule has 0 aliphatic heterocycles. The Morgan fingerprint density at radius 1 is 1.10 bits per heavy atom. The van der Waals surface area contributed by atoms with Gasteiger partial charge in [0.15, 0.2) is 6.61 Å². The van der Waals surface area contributed by atoms with Crippen molar-refractivity contribution in [2.24, 2.45) is 0 Å². The third kappa shape index (κ3) is 6.93. The molecule has 0 aromatic heterocycles. The zero-order valence-electron chi connectivity index (χ0n) is 17.4. The van der Waals surface area contributed by atoms with Crippen LogP contribution in [0.15, 0.2) is 48.5 Å². The summed E-state index contributed by atoms with van der Waals surface area (Å²) in [6, 6.07) is 13.5. The van der Waals surface area contributed by atoms with Crippen molar-refractivity contribution in [3.63, 3.8) is 0 Å². The summed E-state index contributed by atoms with van der Waals surface area (Å²) in [5.41, 5.74) is 0.860. The highest BCUT2D eigenvalue weighted by atomic mass is 35.5. The summed E-state index contributed by atoms with van der Waals surface area (Å²) in [7, 11) is 3.14. The summed E-state index contributed by atoms with van der Waals surface area (Å²) in [5.74, 6) is 0.518. The molecule has 7 nitrogen and oxygen atoms in total. The zero-order valence-corrected chi connectivity index (χ0v) is 18.1. The van der Waals surface area contributed by atoms with E-state index in [2.05, 4.69) is 5.32 Å². The minimum absolute atomic E-state index is 0.240. The van der Waals surface area contributed by atoms with Crippen LogP contribution in [0.3, 0.4) is 0 Å². The highest BCUT2D eigenvalue weighted by Gasteiger charge is 2.26. The Bertz CT molecular complexity index is 829. The van der Waals surface area contributed by atoms with E-state index in [0.717, 1.165) is 5.56 Å². The Morgan fingerprint density at radius 2 is 1.80 bits per heavy atom. The first kappa shape index (κ1) is 23.5. The van der Waals surface area contributed by atoms with Crippen molar-refractivity contribution in [3.05, 3.63) is 59.1 Å². The SMILES string of the molecule is COCCNC(=O)[C@H](C)N(Cc1ccc(OC)cc1)C(=O)COc1ccccc1Cl. The number of nitrogens with one attached hydrogen (secondary N) is 1. The molecule has 2 aromatic rings. The molecule has 1 atom stereocenters. The van der Waals surface area contributed by atoms with Gasteiger partial charge in [-0.3, -0.25) is 9.59 Å². The largest absolute Gasteiger partial charge is 0.497 e. The number of methoxy groups -OCH3 is 2. The molecule has 2 amide bonds. The van der Waals surface area contributed by atoms with E-state index in [4.69, 9.17) is 25.8 Å². The minimum Gasteiger partial charge on any atom is -0.497 e. The van der Waals surface area contributed by atoms with Crippen molar-refractivity contribution in [3.8, 4) is 11.5 Å². The van der Waals surface area contributed by atoms with Gasteiger partial charge in [-0.2, -0.15) is 0 Å². The second kappa shape index (κ2) is 12.0. The Hall–Kier alpha value is -2.77. The fourth-order valence-electron chi connectivity index (χ4n) is 2.72. The first-order valence-electron chi connectivity index (χ1n) is 9.52. The number of ether oxygens (including phenoxy) is 3. The molecule has 0 fully saturated rings. The van der Waals surface area contributed by atoms with Gasteiger partial charge < -0.3 is 24.4 Å². The predicted molar refractivity (Wildman–Crippen MR) is 115 cm³/mol. The lowest BCUT2D eigenvalue weighted by atomic mass is 10.1. The van der Waals surface area contributed by atoms with Crippen LogP contribution in [-0.2, 0) is 20.9 Å². The van der Waals surface area contributed by atoms with Gasteiger partial charge in [0, 0.05) is 20.2 Å². The smallest absolute Gasteiger partial charge is 0.261 e. The van der Waals surface area contributed by atoms with Crippen LogP contribution in [-0.4, -0.2) is 56.7 Å². The van der Waals surface area contributed by atoms with E-state index >= 15 is 0 Å². The van der Waals surface area contributed by atoms with Gasteiger partial charge in [-0.15, -0.1) is 0 Å². The minimum atomic E-state index is -0.702. The molecule has 0 aliphatic rings. The molecule has 0 saturated heterocycles. The maximum absolute atomic E-state index is 13.0. The van der Waals surface area contributed by atoms with Gasteiger partial charge in [0.05, 0.1) is 18.7 Å². The Balaban J connectivity index is 2.12. The van der Waals surface area contributed by atoms with Crippen LogP contribution >= 0.6 is 11.6 Å². The number of benzene rings is 2. The number of para-hydroxylation sites is 1. The zero-order chi connectivity index (χ0) is 21.9. The Morgan fingerprint density at radius 3 is 2.43 bits per heavy atom. The average molecular weight is 435 g/mol. The molecule has 1 N–H and O–H groups in total. The van der Waals surface area contributed by atoms with Gasteiger partial charge in [-0.05, 0) is 36.8 Å². The van der Waals surface area contributed by atoms with Crippen LogP contribution in [0.4, 0.5) is 0 Å². The van der Waals surface area contributed by atoms with Crippen molar-refractivity contribution in [1.29, 1.82) is 0 Å². The normalized spacial score (nSPS) is 11.5. The van der Waals surface area contributed by atoms with Gasteiger partial charge in [0.25, 0.3) is 5.91 Å². The molecule has 30 heavy (non-hydrogen) atoms. The van der Waals surface area contributed by atoms with Crippen LogP contribution in [0, 0.1) is 0 Å². The first-order valence-corrected chi connectivity index (χ1v) is 9.90. The van der Waals surface area contributed by atoms with Crippen LogP contribution in [0.2, 0.25) is 5.02 Å². The first-order chi connectivity index (χ1) is 14.5. The molecule has 0 heterocycles. The molecule has 0 spiro atoms. The second-order valence-corrected chi connectivity index (χ2v) is 6.96. The van der Waals surface area contributed by atoms with E-state index in [0.29, 0.717) is 29.7 Å². The third-order valence-electron chi connectivity index (χ3n) is 4.47. The highest BCUT2D eigenvalue weighted by Crippen LogP contribution is 2.23. The molecule has 2 rings (SSSR count). The molecule has 8 heteroatoms. The standard InChI is InChI=1S/C22H27ClN2O5/c1-16(22(27)24-12-13-28-2)25(14-17-8-10-18(29-3)11-9-17)21(26)15-30-20-7-5-4-6-19(20)23/h4-11,16H,12-15H2,1-3H3,(H,24,27)/t16-/m0/s1. The number of amides is 2. The monoisotopic (exact) mass is 434 g/mol. The van der Waals surface area contributed by atoms with Gasteiger partial charge in [0.1, 0.15) is 17.5 Å². The van der Waals surface area contributed by atoms with Crippen molar-refractivity contribution < 1.29 is 23.8 Å². The predicted octanol–water partition coefficient (Wildman–Crippen LogP) is 2.91. The fourth-order valence-corrected chi connectivity index (χ4v) is 2.91. The molecule has 162 valence electrons. The molecule has 0 radical (unpaired) electrons. The van der Waals surface area contributed by atoms with Gasteiger partial charge >= 0.3 is 0 Å². The van der Waals surface area contributed by atoms with E-state index in [-0.39, 0.29) is 25.0 Å². The number of nitrogens with zero attached hydrogens (tertiary/aromatic N) is 1. The number of hydrogen-bond acceptors (Lipinski definition) is 5. The van der Waals surface area contributed by atoms with Crippen LogP contribution in [0.5, 0.6) is 11.5 Å². The maximum atomic E-state index is 13.0. The quantitative estimate of drug-likeness (QED) is 0.550. The van der Waals surface area contributed by atoms with E-state index in [1.807, 2.05) is 24.3 Å². The second-order valence-electron chi connectivity index (χ2n) is 6.55. The van der Waals surface area contributed by atoms with Gasteiger partial charge in [-0.1, -0.05) is 35.9 Å². The van der Waals surface area contributed by atoms with Crippen LogP contribution in [0.25, 0.3) is 0 Å². The number of carbonyl (C=O) groups excluding carboxylic acids is 2. The molecule has 0 unspecified atom stereocenters. The summed E-state index contributed by atoms with van der Waals surface area (Å²) in [6.07, 6.45) is 0. The number of rotatable bonds is 11. The lowest BCUT2D eigenvalue weighted by Crippen LogP contribution is -2.49. The average Bonchev–Trinajstić information content (AvgIpc) is 2.76. The topological polar surface area (TPSA) is 77.1 Å². The molecule has 0 bridgehead atoms. The van der Waals surface area contributed by atoms with Crippen LogP contribution < -0.4 is 14.8 Å². The van der Waals surface area contributed by atoms with E-state index in [1.165, 1.54) is 4.90 Å². The van der Waals surface area contributed by atoms with Gasteiger partial charge in [-0.25, -0.2) is 0 Å². The molecular formula is C22H27ClN2O5. The lowest BCUT2D eigenvalue weighted by molar-refractivity contribution is -0.142. The summed E-state index contributed by atoms with van der Waals surface area (Å²) in [5, 5.41) is 3.18. The molecule has 0 saturated carbocycles. The maximum Gasteiger partial charge on any atom is 0.261 e. The van der Waals surface area contributed by atoms with E-state index < -0.39 is 6.04 Å². The number of hydrogen-bond donors (Lipinski definition) is 1. The fraction of sp³-hybridized carbons (Fsp3) is 0.364. The molecular weight excluding hydrogens is 408 g/mol. The highest BCUT2D eigenvalue weighted by molar-refractivity contribution is 6.32. The summed E-state index contributed by atoms with van der Waals surface area (Å²) in [4.78, 5) is 27.0.